The Balaban J connectivity index is 1.70. The molecule has 0 unspecified atom stereocenters. The molecule has 106 valence electrons. The molecule has 0 amide bonds. The summed E-state index contributed by atoms with van der Waals surface area (Å²) in [7, 11) is 0. The van der Waals surface area contributed by atoms with Gasteiger partial charge in [-0.1, -0.05) is 0 Å². The van der Waals surface area contributed by atoms with Gasteiger partial charge >= 0.3 is 0 Å². The Hall–Kier alpha value is -2.01. The highest BCUT2D eigenvalue weighted by atomic mass is 32.1. The van der Waals surface area contributed by atoms with Crippen molar-refractivity contribution in [3.8, 4) is 0 Å². The number of pyridine rings is 1. The van der Waals surface area contributed by atoms with E-state index in [-0.39, 0.29) is 0 Å². The summed E-state index contributed by atoms with van der Waals surface area (Å²) >= 11 is 1.83. The van der Waals surface area contributed by atoms with Crippen LogP contribution in [0.5, 0.6) is 0 Å². The highest BCUT2D eigenvalue weighted by Crippen LogP contribution is 2.38. The number of nitrogens with zero attached hydrogens (tertiary/aromatic N) is 3. The van der Waals surface area contributed by atoms with Crippen LogP contribution in [0, 0.1) is 0 Å². The molecule has 0 aromatic carbocycles. The number of anilines is 1. The third-order valence-electron chi connectivity index (χ3n) is 3.96. The first-order valence-corrected chi connectivity index (χ1v) is 8.11. The van der Waals surface area contributed by atoms with E-state index in [9.17, 15) is 0 Å². The van der Waals surface area contributed by atoms with Gasteiger partial charge in [0.05, 0.1) is 5.39 Å². The van der Waals surface area contributed by atoms with Gasteiger partial charge in [-0.3, -0.25) is 4.98 Å². The van der Waals surface area contributed by atoms with Crippen molar-refractivity contribution in [1.82, 2.24) is 15.0 Å². The van der Waals surface area contributed by atoms with E-state index in [1.54, 1.807) is 6.33 Å². The average Bonchev–Trinajstić information content (AvgIpc) is 2.93. The molecule has 0 radical (unpaired) electrons. The fraction of sp³-hybridized carbons (Fsp3) is 0.312. The van der Waals surface area contributed by atoms with Gasteiger partial charge in [0.15, 0.2) is 0 Å². The highest BCUT2D eigenvalue weighted by molar-refractivity contribution is 7.19. The van der Waals surface area contributed by atoms with Gasteiger partial charge in [0.2, 0.25) is 0 Å². The molecular formula is C16H16N4S. The maximum Gasteiger partial charge on any atom is 0.138 e. The van der Waals surface area contributed by atoms with E-state index in [2.05, 4.69) is 20.3 Å². The molecule has 0 saturated carbocycles. The van der Waals surface area contributed by atoms with E-state index in [1.807, 2.05) is 35.9 Å². The molecule has 21 heavy (non-hydrogen) atoms. The summed E-state index contributed by atoms with van der Waals surface area (Å²) in [5.41, 5.74) is 2.68. The molecule has 1 N–H and O–H groups in total. The number of thiophene rings is 1. The first-order chi connectivity index (χ1) is 10.4. The van der Waals surface area contributed by atoms with Gasteiger partial charge in [0, 0.05) is 23.8 Å². The van der Waals surface area contributed by atoms with Crippen molar-refractivity contribution in [2.75, 3.05) is 5.32 Å². The minimum atomic E-state index is 0.763. The van der Waals surface area contributed by atoms with Gasteiger partial charge in [-0.25, -0.2) is 9.97 Å². The Morgan fingerprint density at radius 1 is 1.10 bits per heavy atom. The summed E-state index contributed by atoms with van der Waals surface area (Å²) in [5.74, 6) is 0.969. The Morgan fingerprint density at radius 3 is 2.86 bits per heavy atom. The summed E-state index contributed by atoms with van der Waals surface area (Å²) in [5, 5.41) is 4.71. The summed E-state index contributed by atoms with van der Waals surface area (Å²) < 4.78 is 0. The van der Waals surface area contributed by atoms with E-state index in [0.717, 1.165) is 23.6 Å². The SMILES string of the molecule is c1cc(CNc2ncnc3sc4c(c23)CCCC4)ccn1. The predicted molar refractivity (Wildman–Crippen MR) is 85.6 cm³/mol. The van der Waals surface area contributed by atoms with E-state index >= 15 is 0 Å². The van der Waals surface area contributed by atoms with Crippen molar-refractivity contribution in [2.24, 2.45) is 0 Å². The van der Waals surface area contributed by atoms with Gasteiger partial charge in [0.1, 0.15) is 17.0 Å². The number of rotatable bonds is 3. The first kappa shape index (κ1) is 12.7. The first-order valence-electron chi connectivity index (χ1n) is 7.30. The van der Waals surface area contributed by atoms with E-state index in [1.165, 1.54) is 40.7 Å². The molecule has 0 saturated heterocycles. The third-order valence-corrected chi connectivity index (χ3v) is 5.16. The van der Waals surface area contributed by atoms with Crippen LogP contribution in [-0.4, -0.2) is 15.0 Å². The standard InChI is InChI=1S/C16H16N4S/c1-2-4-13-12(3-1)14-15(19-10-20-16(14)21-13)18-9-11-5-7-17-8-6-11/h5-8,10H,1-4,9H2,(H,18,19,20). The molecule has 5 heteroatoms. The van der Waals surface area contributed by atoms with Crippen LogP contribution >= 0.6 is 11.3 Å². The van der Waals surface area contributed by atoms with Crippen molar-refractivity contribution in [1.29, 1.82) is 0 Å². The zero-order chi connectivity index (χ0) is 14.1. The molecule has 3 heterocycles. The van der Waals surface area contributed by atoms with Crippen LogP contribution in [0.1, 0.15) is 28.8 Å². The number of nitrogens with one attached hydrogen (secondary N) is 1. The highest BCUT2D eigenvalue weighted by Gasteiger charge is 2.19. The lowest BCUT2D eigenvalue weighted by Crippen LogP contribution is -2.04. The second-order valence-corrected chi connectivity index (χ2v) is 6.41. The summed E-state index contributed by atoms with van der Waals surface area (Å²) in [6, 6.07) is 4.04. The number of hydrogen-bond acceptors (Lipinski definition) is 5. The number of aryl methyl sites for hydroxylation is 2. The molecule has 0 aliphatic heterocycles. The second kappa shape index (κ2) is 5.41. The fourth-order valence-electron chi connectivity index (χ4n) is 2.91. The fourth-order valence-corrected chi connectivity index (χ4v) is 4.14. The predicted octanol–water partition coefficient (Wildman–Crippen LogP) is 3.58. The summed E-state index contributed by atoms with van der Waals surface area (Å²) in [6.07, 6.45) is 10.2. The molecule has 1 aliphatic carbocycles. The molecule has 1 aliphatic rings. The van der Waals surface area contributed by atoms with Crippen LogP contribution in [-0.2, 0) is 19.4 Å². The molecule has 3 aromatic rings. The van der Waals surface area contributed by atoms with Gasteiger partial charge < -0.3 is 5.32 Å². The van der Waals surface area contributed by atoms with Crippen LogP contribution in [0.15, 0.2) is 30.9 Å². The van der Waals surface area contributed by atoms with Gasteiger partial charge in [-0.2, -0.15) is 0 Å². The van der Waals surface area contributed by atoms with Gasteiger partial charge in [-0.05, 0) is 48.9 Å². The normalized spacial score (nSPS) is 14.1. The maximum atomic E-state index is 4.47. The minimum absolute atomic E-state index is 0.763. The number of hydrogen-bond donors (Lipinski definition) is 1. The topological polar surface area (TPSA) is 50.7 Å². The lowest BCUT2D eigenvalue weighted by Gasteiger charge is -2.12. The van der Waals surface area contributed by atoms with Crippen LogP contribution in [0.2, 0.25) is 0 Å². The smallest absolute Gasteiger partial charge is 0.138 e. The lowest BCUT2D eigenvalue weighted by molar-refractivity contribution is 0.700. The Kier molecular flexibility index (Phi) is 3.27. The number of fused-ring (bicyclic) bond motifs is 3. The van der Waals surface area contributed by atoms with Crippen molar-refractivity contribution in [3.05, 3.63) is 46.9 Å². The van der Waals surface area contributed by atoms with Crippen LogP contribution in [0.4, 0.5) is 5.82 Å². The van der Waals surface area contributed by atoms with E-state index in [0.29, 0.717) is 0 Å². The third kappa shape index (κ3) is 2.38. The molecule has 0 atom stereocenters. The molecule has 0 spiro atoms. The Morgan fingerprint density at radius 2 is 1.95 bits per heavy atom. The summed E-state index contributed by atoms with van der Waals surface area (Å²) in [6.45, 7) is 0.763. The maximum absolute atomic E-state index is 4.47. The van der Waals surface area contributed by atoms with Gasteiger partial charge in [-0.15, -0.1) is 11.3 Å². The van der Waals surface area contributed by atoms with Crippen LogP contribution in [0.3, 0.4) is 0 Å². The van der Waals surface area contributed by atoms with Crippen molar-refractivity contribution in [2.45, 2.75) is 32.2 Å². The van der Waals surface area contributed by atoms with Crippen LogP contribution in [0.25, 0.3) is 10.2 Å². The largest absolute Gasteiger partial charge is 0.365 e. The quantitative estimate of drug-likeness (QED) is 0.802. The van der Waals surface area contributed by atoms with Crippen molar-refractivity contribution < 1.29 is 0 Å². The average molecular weight is 296 g/mol. The minimum Gasteiger partial charge on any atom is -0.365 e. The second-order valence-electron chi connectivity index (χ2n) is 5.32. The Labute approximate surface area is 127 Å². The molecule has 3 aromatic heterocycles. The van der Waals surface area contributed by atoms with E-state index < -0.39 is 0 Å². The molecule has 0 fully saturated rings. The zero-order valence-electron chi connectivity index (χ0n) is 11.7. The molecule has 4 rings (SSSR count). The molecule has 4 nitrogen and oxygen atoms in total. The molecular weight excluding hydrogens is 280 g/mol. The van der Waals surface area contributed by atoms with Gasteiger partial charge in [0.25, 0.3) is 0 Å². The molecule has 0 bridgehead atoms. The van der Waals surface area contributed by atoms with Crippen molar-refractivity contribution >= 4 is 27.4 Å². The zero-order valence-corrected chi connectivity index (χ0v) is 12.5. The lowest BCUT2D eigenvalue weighted by atomic mass is 9.97. The summed E-state index contributed by atoms with van der Waals surface area (Å²) in [4.78, 5) is 15.6. The van der Waals surface area contributed by atoms with E-state index in [4.69, 9.17) is 0 Å². The Bertz CT molecular complexity index is 767. The number of aromatic nitrogens is 3. The van der Waals surface area contributed by atoms with Crippen LogP contribution < -0.4 is 5.32 Å². The van der Waals surface area contributed by atoms with Crippen molar-refractivity contribution in [3.63, 3.8) is 0 Å². The monoisotopic (exact) mass is 296 g/mol.